The van der Waals surface area contributed by atoms with E-state index >= 15 is 0 Å². The lowest BCUT2D eigenvalue weighted by atomic mass is 10.1. The first-order valence-electron chi connectivity index (χ1n) is 7.97. The van der Waals surface area contributed by atoms with Crippen molar-refractivity contribution in [3.05, 3.63) is 53.2 Å². The highest BCUT2D eigenvalue weighted by Crippen LogP contribution is 2.28. The first-order valence-corrected chi connectivity index (χ1v) is 8.85. The van der Waals surface area contributed by atoms with Crippen LogP contribution in [0.1, 0.15) is 11.1 Å². The van der Waals surface area contributed by atoms with Crippen molar-refractivity contribution in [3.63, 3.8) is 0 Å². The lowest BCUT2D eigenvalue weighted by Crippen LogP contribution is -2.50. The number of benzene rings is 1. The average molecular weight is 338 g/mol. The van der Waals surface area contributed by atoms with Crippen molar-refractivity contribution in [3.8, 4) is 0 Å². The van der Waals surface area contributed by atoms with Gasteiger partial charge in [0.1, 0.15) is 6.33 Å². The van der Waals surface area contributed by atoms with E-state index in [0.29, 0.717) is 19.6 Å². The average Bonchev–Trinajstić information content (AvgIpc) is 3.05. The summed E-state index contributed by atoms with van der Waals surface area (Å²) >= 11 is 1.62. The van der Waals surface area contributed by atoms with Crippen LogP contribution in [0.3, 0.4) is 0 Å². The van der Waals surface area contributed by atoms with E-state index in [4.69, 9.17) is 0 Å². The van der Waals surface area contributed by atoms with Gasteiger partial charge in [-0.2, -0.15) is 0 Å². The molecule has 2 aromatic heterocycles. The molecular weight excluding hydrogens is 320 g/mol. The van der Waals surface area contributed by atoms with Gasteiger partial charge in [0.05, 0.1) is 16.8 Å². The Labute approximate surface area is 144 Å². The van der Waals surface area contributed by atoms with Gasteiger partial charge in [0, 0.05) is 19.6 Å². The molecule has 6 heteroatoms. The fraction of sp³-hybridized carbons (Fsp3) is 0.278. The standard InChI is InChI=1S/C18H18N4OS/c1-13-3-2-4-14(9-13)10-21-6-7-22(11-16(21)23)18-17-15(5-8-24-17)19-12-20-18/h2-5,8-9,12H,6-7,10-11H2,1H3. The Morgan fingerprint density at radius 3 is 2.96 bits per heavy atom. The topological polar surface area (TPSA) is 49.3 Å². The minimum absolute atomic E-state index is 0.145. The minimum Gasteiger partial charge on any atom is -0.344 e. The van der Waals surface area contributed by atoms with Crippen molar-refractivity contribution in [2.24, 2.45) is 0 Å². The van der Waals surface area contributed by atoms with Crippen molar-refractivity contribution in [1.82, 2.24) is 14.9 Å². The van der Waals surface area contributed by atoms with Crippen molar-refractivity contribution in [1.29, 1.82) is 0 Å². The van der Waals surface area contributed by atoms with Gasteiger partial charge in [0.25, 0.3) is 0 Å². The molecule has 1 aliphatic heterocycles. The van der Waals surface area contributed by atoms with Crippen LogP contribution in [0, 0.1) is 6.92 Å². The molecule has 1 amide bonds. The second-order valence-electron chi connectivity index (χ2n) is 6.06. The maximum atomic E-state index is 12.6. The Morgan fingerprint density at radius 2 is 2.12 bits per heavy atom. The Kier molecular flexibility index (Phi) is 3.90. The van der Waals surface area contributed by atoms with Crippen LogP contribution in [0.4, 0.5) is 5.82 Å². The smallest absolute Gasteiger partial charge is 0.242 e. The first kappa shape index (κ1) is 15.1. The second-order valence-corrected chi connectivity index (χ2v) is 6.97. The van der Waals surface area contributed by atoms with E-state index in [1.165, 1.54) is 11.1 Å². The number of anilines is 1. The summed E-state index contributed by atoms with van der Waals surface area (Å²) in [5.74, 6) is 1.02. The molecule has 0 unspecified atom stereocenters. The number of nitrogens with zero attached hydrogens (tertiary/aromatic N) is 4. The molecule has 24 heavy (non-hydrogen) atoms. The number of hydrogen-bond donors (Lipinski definition) is 0. The van der Waals surface area contributed by atoms with E-state index < -0.39 is 0 Å². The molecule has 3 aromatic rings. The molecule has 1 fully saturated rings. The van der Waals surface area contributed by atoms with E-state index in [1.807, 2.05) is 22.4 Å². The van der Waals surface area contributed by atoms with E-state index in [9.17, 15) is 4.79 Å². The predicted octanol–water partition coefficient (Wildman–Crippen LogP) is 2.85. The summed E-state index contributed by atoms with van der Waals surface area (Å²) in [4.78, 5) is 25.3. The molecule has 0 atom stereocenters. The Morgan fingerprint density at radius 1 is 1.21 bits per heavy atom. The fourth-order valence-electron chi connectivity index (χ4n) is 3.09. The Balaban J connectivity index is 1.50. The highest BCUT2D eigenvalue weighted by atomic mass is 32.1. The molecule has 0 N–H and O–H groups in total. The maximum absolute atomic E-state index is 12.6. The SMILES string of the molecule is Cc1cccc(CN2CCN(c3ncnc4ccsc34)CC2=O)c1. The third-order valence-corrected chi connectivity index (χ3v) is 5.20. The van der Waals surface area contributed by atoms with Crippen LogP contribution in [0.15, 0.2) is 42.0 Å². The molecule has 1 aromatic carbocycles. The third-order valence-electron chi connectivity index (χ3n) is 4.30. The van der Waals surface area contributed by atoms with E-state index in [-0.39, 0.29) is 5.91 Å². The summed E-state index contributed by atoms with van der Waals surface area (Å²) in [6, 6.07) is 10.3. The van der Waals surface area contributed by atoms with Crippen molar-refractivity contribution < 1.29 is 4.79 Å². The quantitative estimate of drug-likeness (QED) is 0.737. The normalized spacial score (nSPS) is 15.3. The molecule has 4 rings (SSSR count). The molecule has 1 saturated heterocycles. The summed E-state index contributed by atoms with van der Waals surface area (Å²) in [7, 11) is 0. The number of aryl methyl sites for hydroxylation is 1. The van der Waals surface area contributed by atoms with Crippen LogP contribution >= 0.6 is 11.3 Å². The lowest BCUT2D eigenvalue weighted by Gasteiger charge is -2.35. The molecule has 122 valence electrons. The summed E-state index contributed by atoms with van der Waals surface area (Å²) in [5.41, 5.74) is 3.35. The fourth-order valence-corrected chi connectivity index (χ4v) is 3.95. The van der Waals surface area contributed by atoms with Crippen LogP contribution < -0.4 is 4.90 Å². The molecule has 0 radical (unpaired) electrons. The first-order chi connectivity index (χ1) is 11.7. The van der Waals surface area contributed by atoms with Gasteiger partial charge in [0.2, 0.25) is 5.91 Å². The van der Waals surface area contributed by atoms with Crippen LogP contribution in [-0.4, -0.2) is 40.4 Å². The zero-order valence-corrected chi connectivity index (χ0v) is 14.3. The van der Waals surface area contributed by atoms with Crippen molar-refractivity contribution in [2.75, 3.05) is 24.5 Å². The molecule has 0 saturated carbocycles. The molecule has 0 aliphatic carbocycles. The minimum atomic E-state index is 0.145. The highest BCUT2D eigenvalue weighted by Gasteiger charge is 2.26. The molecule has 5 nitrogen and oxygen atoms in total. The van der Waals surface area contributed by atoms with Crippen LogP contribution in [0.25, 0.3) is 10.2 Å². The van der Waals surface area contributed by atoms with Gasteiger partial charge in [-0.3, -0.25) is 4.79 Å². The number of carbonyl (C=O) groups excluding carboxylic acids is 1. The number of piperazine rings is 1. The zero-order chi connectivity index (χ0) is 16.5. The summed E-state index contributed by atoms with van der Waals surface area (Å²) in [6.45, 7) is 4.62. The van der Waals surface area contributed by atoms with Gasteiger partial charge >= 0.3 is 0 Å². The van der Waals surface area contributed by atoms with Gasteiger partial charge in [-0.05, 0) is 23.9 Å². The van der Waals surface area contributed by atoms with E-state index in [0.717, 1.165) is 22.6 Å². The zero-order valence-electron chi connectivity index (χ0n) is 13.5. The maximum Gasteiger partial charge on any atom is 0.242 e. The van der Waals surface area contributed by atoms with E-state index in [1.54, 1.807) is 17.7 Å². The second kappa shape index (κ2) is 6.20. The van der Waals surface area contributed by atoms with Crippen LogP contribution in [0.2, 0.25) is 0 Å². The molecule has 3 heterocycles. The van der Waals surface area contributed by atoms with Gasteiger partial charge in [-0.25, -0.2) is 9.97 Å². The molecule has 0 spiro atoms. The summed E-state index contributed by atoms with van der Waals surface area (Å²) in [5, 5.41) is 2.01. The predicted molar refractivity (Wildman–Crippen MR) is 96.2 cm³/mol. The monoisotopic (exact) mass is 338 g/mol. The van der Waals surface area contributed by atoms with Crippen LogP contribution in [-0.2, 0) is 11.3 Å². The van der Waals surface area contributed by atoms with Gasteiger partial charge in [-0.1, -0.05) is 29.8 Å². The number of rotatable bonds is 3. The lowest BCUT2D eigenvalue weighted by molar-refractivity contribution is -0.131. The number of carbonyl (C=O) groups is 1. The van der Waals surface area contributed by atoms with Gasteiger partial charge in [0.15, 0.2) is 5.82 Å². The third kappa shape index (κ3) is 2.85. The highest BCUT2D eigenvalue weighted by molar-refractivity contribution is 7.17. The summed E-state index contributed by atoms with van der Waals surface area (Å²) < 4.78 is 1.05. The van der Waals surface area contributed by atoms with Crippen molar-refractivity contribution in [2.45, 2.75) is 13.5 Å². The number of amides is 1. The van der Waals surface area contributed by atoms with Gasteiger partial charge < -0.3 is 9.80 Å². The molecular formula is C18H18N4OS. The Hall–Kier alpha value is -2.47. The van der Waals surface area contributed by atoms with Crippen molar-refractivity contribution >= 4 is 33.3 Å². The molecule has 1 aliphatic rings. The number of thiophene rings is 1. The molecule has 0 bridgehead atoms. The number of aromatic nitrogens is 2. The number of fused-ring (bicyclic) bond motifs is 1. The number of hydrogen-bond acceptors (Lipinski definition) is 5. The summed E-state index contributed by atoms with van der Waals surface area (Å²) in [6.07, 6.45) is 1.58. The van der Waals surface area contributed by atoms with Crippen LogP contribution in [0.5, 0.6) is 0 Å². The van der Waals surface area contributed by atoms with E-state index in [2.05, 4.69) is 40.0 Å². The van der Waals surface area contributed by atoms with Gasteiger partial charge in [-0.15, -0.1) is 11.3 Å². The largest absolute Gasteiger partial charge is 0.344 e. The Bertz CT molecular complexity index is 891.